The first kappa shape index (κ1) is 23.0. The Morgan fingerprint density at radius 2 is 1.77 bits per heavy atom. The fourth-order valence-electron chi connectivity index (χ4n) is 2.32. The first-order chi connectivity index (χ1) is 14.1. The number of hydrogen-bond acceptors (Lipinski definition) is 7. The summed E-state index contributed by atoms with van der Waals surface area (Å²) in [6.07, 6.45) is -1.91. The van der Waals surface area contributed by atoms with Gasteiger partial charge in [0, 0.05) is 0 Å². The fourth-order valence-corrected chi connectivity index (χ4v) is 3.30. The minimum absolute atomic E-state index is 0.0378. The highest BCUT2D eigenvalue weighted by atomic mass is 31.2. The highest BCUT2D eigenvalue weighted by molar-refractivity contribution is 7.54. The molecule has 0 saturated heterocycles. The zero-order valence-electron chi connectivity index (χ0n) is 15.6. The number of carbonyl (C=O) groups excluding carboxylic acids is 1. The Balaban J connectivity index is 2.15. The van der Waals surface area contributed by atoms with Crippen LogP contribution in [0, 0.1) is 0 Å². The van der Waals surface area contributed by atoms with Gasteiger partial charge in [0.25, 0.3) is 0 Å². The lowest BCUT2D eigenvalue weighted by Crippen LogP contribution is -2.33. The van der Waals surface area contributed by atoms with Crippen LogP contribution >= 0.6 is 7.60 Å². The number of carboxylic acids is 1. The second-order valence-corrected chi connectivity index (χ2v) is 7.95. The molecule has 30 heavy (non-hydrogen) atoms. The third-order valence-corrected chi connectivity index (χ3v) is 5.16. The minimum Gasteiger partial charge on any atom is -0.479 e. The van der Waals surface area contributed by atoms with Crippen molar-refractivity contribution in [1.82, 2.24) is 0 Å². The van der Waals surface area contributed by atoms with E-state index in [4.69, 9.17) is 26.5 Å². The molecule has 11 nitrogen and oxygen atoms in total. The number of aliphatic imine (C=N–C) groups is 1. The summed E-state index contributed by atoms with van der Waals surface area (Å²) in [4.78, 5) is 37.6. The molecule has 0 aromatic heterocycles. The molecule has 0 bridgehead atoms. The largest absolute Gasteiger partial charge is 0.479 e. The number of rotatable bonds is 9. The molecule has 2 aromatic rings. The monoisotopic (exact) mass is 436 g/mol. The summed E-state index contributed by atoms with van der Waals surface area (Å²) in [5, 5.41) is 9.44. The van der Waals surface area contributed by atoms with Crippen molar-refractivity contribution in [1.29, 1.82) is 0 Å². The molecule has 0 saturated carbocycles. The second kappa shape index (κ2) is 9.99. The lowest BCUT2D eigenvalue weighted by atomic mass is 10.1. The van der Waals surface area contributed by atoms with E-state index in [1.807, 2.05) is 0 Å². The molecule has 0 fully saturated rings. The third-order valence-electron chi connectivity index (χ3n) is 3.73. The van der Waals surface area contributed by atoms with E-state index in [0.29, 0.717) is 5.56 Å². The van der Waals surface area contributed by atoms with Crippen LogP contribution in [0.5, 0.6) is 0 Å². The predicted octanol–water partition coefficient (Wildman–Crippen LogP) is 0.947. The predicted molar refractivity (Wildman–Crippen MR) is 107 cm³/mol. The molecule has 12 heteroatoms. The Morgan fingerprint density at radius 1 is 1.10 bits per heavy atom. The topological polar surface area (TPSA) is 201 Å². The number of esters is 1. The van der Waals surface area contributed by atoms with Crippen LogP contribution in [-0.2, 0) is 30.0 Å². The number of nitrogens with two attached hydrogens (primary N) is 3. The van der Waals surface area contributed by atoms with Gasteiger partial charge >= 0.3 is 19.5 Å². The number of benzene rings is 2. The van der Waals surface area contributed by atoms with Crippen LogP contribution in [0.2, 0.25) is 0 Å². The number of ether oxygens (including phenoxy) is 1. The zero-order chi connectivity index (χ0) is 22.3. The van der Waals surface area contributed by atoms with E-state index in [2.05, 4.69) is 4.99 Å². The summed E-state index contributed by atoms with van der Waals surface area (Å²) in [5.41, 5.74) is 16.9. The van der Waals surface area contributed by atoms with Crippen molar-refractivity contribution >= 4 is 31.2 Å². The molecule has 3 atom stereocenters. The molecule has 0 aliphatic carbocycles. The molecule has 0 aliphatic rings. The van der Waals surface area contributed by atoms with E-state index in [0.717, 1.165) is 0 Å². The second-order valence-electron chi connectivity index (χ2n) is 6.06. The summed E-state index contributed by atoms with van der Waals surface area (Å²) >= 11 is 0. The number of aliphatic carboxylic acids is 1. The Bertz CT molecular complexity index is 980. The van der Waals surface area contributed by atoms with E-state index in [1.165, 1.54) is 24.3 Å². The van der Waals surface area contributed by atoms with Gasteiger partial charge in [-0.15, -0.1) is 0 Å². The van der Waals surface area contributed by atoms with Crippen molar-refractivity contribution in [3.63, 3.8) is 0 Å². The standard InChI is InChI=1S/C18H21N4O7P/c19-15(17(25)28-10-11-5-2-1-3-6-11)30(26,27)29-14(16(23)24)12-7-4-8-13(9-12)22-18(20)21/h1-9,14-15H,10,19H2,(H,23,24)(H,26,27)(H4,20,21,22). The highest BCUT2D eigenvalue weighted by Crippen LogP contribution is 2.50. The molecule has 0 spiro atoms. The Morgan fingerprint density at radius 3 is 2.37 bits per heavy atom. The van der Waals surface area contributed by atoms with Crippen LogP contribution in [-0.4, -0.2) is 33.7 Å². The number of hydrogen-bond donors (Lipinski definition) is 5. The normalized spacial score (nSPS) is 14.7. The van der Waals surface area contributed by atoms with Crippen LogP contribution in [0.25, 0.3) is 0 Å². The molecule has 160 valence electrons. The number of nitrogens with zero attached hydrogens (tertiary/aromatic N) is 1. The highest BCUT2D eigenvalue weighted by Gasteiger charge is 2.41. The molecule has 0 amide bonds. The number of carboxylic acid groups (broad SMARTS) is 1. The SMILES string of the molecule is NC(N)=Nc1cccc(C(OP(=O)(O)C(N)C(=O)OCc2ccccc2)C(=O)O)c1. The van der Waals surface area contributed by atoms with E-state index in [1.54, 1.807) is 30.3 Å². The van der Waals surface area contributed by atoms with E-state index in [9.17, 15) is 24.2 Å². The molecule has 3 unspecified atom stereocenters. The Kier molecular flexibility index (Phi) is 7.67. The van der Waals surface area contributed by atoms with Crippen LogP contribution in [0.4, 0.5) is 5.69 Å². The molecule has 0 radical (unpaired) electrons. The van der Waals surface area contributed by atoms with E-state index in [-0.39, 0.29) is 23.8 Å². The van der Waals surface area contributed by atoms with Gasteiger partial charge in [0.05, 0.1) is 5.69 Å². The molecule has 0 heterocycles. The zero-order valence-corrected chi connectivity index (χ0v) is 16.5. The molecule has 0 aliphatic heterocycles. The summed E-state index contributed by atoms with van der Waals surface area (Å²) in [5.74, 6) is -5.18. The lowest BCUT2D eigenvalue weighted by molar-refractivity contribution is -0.148. The maximum absolute atomic E-state index is 12.5. The van der Waals surface area contributed by atoms with Crippen molar-refractivity contribution in [3.05, 3.63) is 65.7 Å². The summed E-state index contributed by atoms with van der Waals surface area (Å²) < 4.78 is 22.3. The molecular weight excluding hydrogens is 415 g/mol. The number of guanidine groups is 1. The van der Waals surface area contributed by atoms with Gasteiger partial charge in [0.1, 0.15) is 6.61 Å². The van der Waals surface area contributed by atoms with Crippen LogP contribution in [0.15, 0.2) is 59.6 Å². The Hall–Kier alpha value is -3.24. The average molecular weight is 436 g/mol. The maximum atomic E-state index is 12.5. The average Bonchev–Trinajstić information content (AvgIpc) is 2.70. The molecule has 2 aromatic carbocycles. The number of carbonyl (C=O) groups is 2. The Labute approximate surface area is 171 Å². The van der Waals surface area contributed by atoms with Gasteiger partial charge in [-0.05, 0) is 23.3 Å². The molecule has 2 rings (SSSR count). The molecular formula is C18H21N4O7P. The van der Waals surface area contributed by atoms with Crippen molar-refractivity contribution in [2.45, 2.75) is 18.5 Å². The van der Waals surface area contributed by atoms with Crippen molar-refractivity contribution < 1.29 is 33.4 Å². The van der Waals surface area contributed by atoms with Crippen LogP contribution in [0.3, 0.4) is 0 Å². The van der Waals surface area contributed by atoms with Crippen molar-refractivity contribution in [2.75, 3.05) is 0 Å². The van der Waals surface area contributed by atoms with Crippen LogP contribution < -0.4 is 17.2 Å². The quantitative estimate of drug-likeness (QED) is 0.163. The third kappa shape index (κ3) is 6.39. The van der Waals surface area contributed by atoms with Gasteiger partial charge in [0.15, 0.2) is 12.1 Å². The van der Waals surface area contributed by atoms with Gasteiger partial charge in [-0.3, -0.25) is 9.09 Å². The van der Waals surface area contributed by atoms with Gasteiger partial charge in [-0.25, -0.2) is 14.6 Å². The van der Waals surface area contributed by atoms with Gasteiger partial charge in [0.2, 0.25) is 5.78 Å². The first-order valence-electron chi connectivity index (χ1n) is 8.49. The van der Waals surface area contributed by atoms with Gasteiger partial charge in [-0.1, -0.05) is 42.5 Å². The van der Waals surface area contributed by atoms with Gasteiger partial charge < -0.3 is 31.9 Å². The van der Waals surface area contributed by atoms with Crippen LogP contribution in [0.1, 0.15) is 17.2 Å². The van der Waals surface area contributed by atoms with E-state index < -0.39 is 31.4 Å². The summed E-state index contributed by atoms with van der Waals surface area (Å²) in [6.45, 7) is -0.184. The smallest absolute Gasteiger partial charge is 0.357 e. The van der Waals surface area contributed by atoms with Crippen molar-refractivity contribution in [2.24, 2.45) is 22.2 Å². The summed E-state index contributed by atoms with van der Waals surface area (Å²) in [6, 6.07) is 14.0. The lowest BCUT2D eigenvalue weighted by Gasteiger charge is -2.22. The van der Waals surface area contributed by atoms with Crippen molar-refractivity contribution in [3.8, 4) is 0 Å². The minimum atomic E-state index is -4.94. The van der Waals surface area contributed by atoms with Gasteiger partial charge in [-0.2, -0.15) is 0 Å². The first-order valence-corrected chi connectivity index (χ1v) is 10.1. The maximum Gasteiger partial charge on any atom is 0.357 e. The fraction of sp³-hybridized carbons (Fsp3) is 0.167. The molecule has 8 N–H and O–H groups in total. The summed E-state index contributed by atoms with van der Waals surface area (Å²) in [7, 11) is -4.94. The van der Waals surface area contributed by atoms with E-state index >= 15 is 0 Å².